The van der Waals surface area contributed by atoms with E-state index in [0.717, 1.165) is 31.1 Å². The first kappa shape index (κ1) is 24.8. The molecular formula is C29H49N3O. The number of rotatable bonds is 5. The van der Waals surface area contributed by atoms with E-state index < -0.39 is 0 Å². The van der Waals surface area contributed by atoms with Crippen LogP contribution in [0.3, 0.4) is 0 Å². The van der Waals surface area contributed by atoms with E-state index in [1.54, 1.807) is 0 Å². The van der Waals surface area contributed by atoms with E-state index in [2.05, 4.69) is 43.3 Å². The van der Waals surface area contributed by atoms with Gasteiger partial charge in [-0.1, -0.05) is 47.0 Å². The summed E-state index contributed by atoms with van der Waals surface area (Å²) < 4.78 is 0. The summed E-state index contributed by atoms with van der Waals surface area (Å²) in [6.45, 7) is 9.44. The molecule has 4 heteroatoms. The van der Waals surface area contributed by atoms with E-state index in [1.807, 2.05) is 7.05 Å². The zero-order valence-electron chi connectivity index (χ0n) is 22.0. The topological polar surface area (TPSA) is 53.5 Å². The highest BCUT2D eigenvalue weighted by Gasteiger charge is 2.38. The summed E-state index contributed by atoms with van der Waals surface area (Å²) in [5.74, 6) is 2.99. The second-order valence-corrected chi connectivity index (χ2v) is 12.9. The van der Waals surface area contributed by atoms with Crippen molar-refractivity contribution in [2.24, 2.45) is 34.1 Å². The predicted octanol–water partition coefficient (Wildman–Crippen LogP) is 6.41. The van der Waals surface area contributed by atoms with Crippen molar-refractivity contribution in [1.29, 1.82) is 0 Å². The molecule has 0 aromatic carbocycles. The van der Waals surface area contributed by atoms with E-state index >= 15 is 0 Å². The fourth-order valence-electron chi connectivity index (χ4n) is 7.39. The van der Waals surface area contributed by atoms with Crippen molar-refractivity contribution in [2.75, 3.05) is 7.05 Å². The first-order valence-electron chi connectivity index (χ1n) is 14.0. The molecule has 3 saturated carbocycles. The fraction of sp³-hybridized carbons (Fsp3) is 0.862. The molecule has 2 bridgehead atoms. The van der Waals surface area contributed by atoms with E-state index in [1.165, 1.54) is 75.5 Å². The van der Waals surface area contributed by atoms with Crippen LogP contribution in [0, 0.1) is 29.1 Å². The Kier molecular flexibility index (Phi) is 7.91. The van der Waals surface area contributed by atoms with Gasteiger partial charge >= 0.3 is 0 Å². The Morgan fingerprint density at radius 2 is 1.73 bits per heavy atom. The maximum absolute atomic E-state index is 13.7. The molecule has 0 heterocycles. The molecule has 186 valence electrons. The molecule has 0 aromatic heterocycles. The number of nitrogens with zero attached hydrogens (tertiary/aromatic N) is 1. The summed E-state index contributed by atoms with van der Waals surface area (Å²) in [6, 6.07) is 0.890. The number of amides is 1. The van der Waals surface area contributed by atoms with Gasteiger partial charge in [0.05, 0.1) is 0 Å². The molecule has 1 amide bonds. The lowest BCUT2D eigenvalue weighted by Crippen LogP contribution is -2.49. The van der Waals surface area contributed by atoms with Crippen LogP contribution in [0.15, 0.2) is 16.3 Å². The number of fused-ring (bicyclic) bond motifs is 2. The van der Waals surface area contributed by atoms with E-state index in [9.17, 15) is 4.79 Å². The third-order valence-electron chi connectivity index (χ3n) is 9.34. The van der Waals surface area contributed by atoms with Gasteiger partial charge in [-0.05, 0) is 93.3 Å². The minimum Gasteiger partial charge on any atom is -0.385 e. The number of aliphatic imine (C=N–C) groups is 1. The highest BCUT2D eigenvalue weighted by molar-refractivity contribution is 6.45. The molecule has 0 aliphatic heterocycles. The minimum absolute atomic E-state index is 0.0756. The smallest absolute Gasteiger partial charge is 0.269 e. The Morgan fingerprint density at radius 3 is 2.42 bits per heavy atom. The second-order valence-electron chi connectivity index (χ2n) is 12.9. The molecule has 0 aromatic rings. The van der Waals surface area contributed by atoms with Crippen molar-refractivity contribution in [3.05, 3.63) is 11.3 Å². The molecule has 4 aliphatic carbocycles. The molecule has 33 heavy (non-hydrogen) atoms. The summed E-state index contributed by atoms with van der Waals surface area (Å²) in [4.78, 5) is 18.3. The Bertz CT molecular complexity index is 753. The summed E-state index contributed by atoms with van der Waals surface area (Å²) in [5, 5.41) is 7.40. The van der Waals surface area contributed by atoms with Gasteiger partial charge in [0.25, 0.3) is 5.91 Å². The van der Waals surface area contributed by atoms with Gasteiger partial charge in [0.1, 0.15) is 5.71 Å². The molecule has 5 atom stereocenters. The molecule has 2 N–H and O–H groups in total. The van der Waals surface area contributed by atoms with Crippen LogP contribution in [-0.2, 0) is 4.79 Å². The highest BCUT2D eigenvalue weighted by Crippen LogP contribution is 2.43. The van der Waals surface area contributed by atoms with Crippen molar-refractivity contribution < 1.29 is 4.79 Å². The van der Waals surface area contributed by atoms with E-state index in [-0.39, 0.29) is 11.3 Å². The lowest BCUT2D eigenvalue weighted by atomic mass is 9.66. The van der Waals surface area contributed by atoms with Crippen LogP contribution in [0.1, 0.15) is 111 Å². The molecule has 4 aliphatic rings. The predicted molar refractivity (Wildman–Crippen MR) is 138 cm³/mol. The number of nitrogens with one attached hydrogen (secondary N) is 2. The van der Waals surface area contributed by atoms with Gasteiger partial charge in [-0.3, -0.25) is 9.79 Å². The van der Waals surface area contributed by atoms with Crippen molar-refractivity contribution in [3.63, 3.8) is 0 Å². The van der Waals surface area contributed by atoms with Crippen molar-refractivity contribution >= 4 is 11.6 Å². The zero-order chi connectivity index (χ0) is 23.6. The Balaban J connectivity index is 1.52. The largest absolute Gasteiger partial charge is 0.385 e. The molecule has 0 saturated heterocycles. The van der Waals surface area contributed by atoms with Crippen LogP contribution in [0.2, 0.25) is 0 Å². The van der Waals surface area contributed by atoms with Crippen LogP contribution in [0.5, 0.6) is 0 Å². The summed E-state index contributed by atoms with van der Waals surface area (Å²) in [7, 11) is 1.82. The van der Waals surface area contributed by atoms with Gasteiger partial charge in [-0.2, -0.15) is 0 Å². The van der Waals surface area contributed by atoms with E-state index in [4.69, 9.17) is 0 Å². The van der Waals surface area contributed by atoms with Crippen LogP contribution in [-0.4, -0.2) is 30.8 Å². The van der Waals surface area contributed by atoms with Gasteiger partial charge in [0.15, 0.2) is 0 Å². The van der Waals surface area contributed by atoms with Crippen molar-refractivity contribution in [2.45, 2.75) is 123 Å². The first-order valence-corrected chi connectivity index (χ1v) is 14.0. The third-order valence-corrected chi connectivity index (χ3v) is 9.34. The van der Waals surface area contributed by atoms with Gasteiger partial charge in [-0.15, -0.1) is 0 Å². The Hall–Kier alpha value is -1.32. The number of carbonyl (C=O) groups excluding carboxylic acids is 1. The maximum atomic E-state index is 13.7. The van der Waals surface area contributed by atoms with E-state index in [0.29, 0.717) is 29.6 Å². The molecule has 5 unspecified atom stereocenters. The zero-order valence-corrected chi connectivity index (χ0v) is 22.0. The molecule has 0 radical (unpaired) electrons. The molecule has 0 spiro atoms. The average Bonchev–Trinajstić information content (AvgIpc) is 2.77. The number of hydrogen-bond acceptors (Lipinski definition) is 3. The lowest BCUT2D eigenvalue weighted by Gasteiger charge is -2.43. The standard InChI is InChI=1S/C29H49N3O/c1-19-15-20-11-13-25(21(16-19)17-20)32-28(33)27(30-5)24-18-22(29(2,3)4)12-14-26(24)31-23-9-7-6-8-10-23/h19-23,25,31H,6-18H2,1-5H3,(H,32,33)/b30-27+. The summed E-state index contributed by atoms with van der Waals surface area (Å²) in [5.41, 5.74) is 3.46. The highest BCUT2D eigenvalue weighted by atomic mass is 16.2. The number of allylic oxidation sites excluding steroid dienone is 1. The molecular weight excluding hydrogens is 406 g/mol. The van der Waals surface area contributed by atoms with Crippen molar-refractivity contribution in [3.8, 4) is 0 Å². The van der Waals surface area contributed by atoms with Crippen LogP contribution >= 0.6 is 0 Å². The minimum atomic E-state index is 0.0756. The van der Waals surface area contributed by atoms with Gasteiger partial charge in [0, 0.05) is 30.4 Å². The maximum Gasteiger partial charge on any atom is 0.269 e. The third kappa shape index (κ3) is 6.03. The molecule has 3 fully saturated rings. The number of carbonyl (C=O) groups is 1. The normalized spacial score (nSPS) is 34.2. The van der Waals surface area contributed by atoms with Crippen molar-refractivity contribution in [1.82, 2.24) is 10.6 Å². The lowest BCUT2D eigenvalue weighted by molar-refractivity contribution is -0.116. The van der Waals surface area contributed by atoms with Gasteiger partial charge in [0.2, 0.25) is 0 Å². The Labute approximate surface area is 202 Å². The summed E-state index contributed by atoms with van der Waals surface area (Å²) in [6.07, 6.45) is 16.1. The summed E-state index contributed by atoms with van der Waals surface area (Å²) >= 11 is 0. The van der Waals surface area contributed by atoms with Gasteiger partial charge in [-0.25, -0.2) is 0 Å². The van der Waals surface area contributed by atoms with Gasteiger partial charge < -0.3 is 10.6 Å². The van der Waals surface area contributed by atoms with Crippen LogP contribution in [0.4, 0.5) is 0 Å². The quantitative estimate of drug-likeness (QED) is 0.471. The Morgan fingerprint density at radius 1 is 0.970 bits per heavy atom. The van der Waals surface area contributed by atoms with Crippen LogP contribution < -0.4 is 10.6 Å². The molecule has 4 nitrogen and oxygen atoms in total. The fourth-order valence-corrected chi connectivity index (χ4v) is 7.39. The molecule has 4 rings (SSSR count). The second kappa shape index (κ2) is 10.5. The average molecular weight is 456 g/mol. The SMILES string of the molecule is C/N=C(/C(=O)NC1CCC2CC(C)CC1C2)C1=C(NC2CCCCC2)CCC(C(C)(C)C)C1. The van der Waals surface area contributed by atoms with Crippen LogP contribution in [0.25, 0.3) is 0 Å². The first-order chi connectivity index (χ1) is 15.7. The monoisotopic (exact) mass is 455 g/mol. The number of hydrogen-bond donors (Lipinski definition) is 2.